The lowest BCUT2D eigenvalue weighted by atomic mass is 10.1. The van der Waals surface area contributed by atoms with Gasteiger partial charge in [-0.05, 0) is 24.1 Å². The fourth-order valence-corrected chi connectivity index (χ4v) is 1.36. The molecule has 2 aromatic rings. The van der Waals surface area contributed by atoms with Crippen LogP contribution >= 0.6 is 0 Å². The first kappa shape index (κ1) is 7.35. The molecule has 0 unspecified atom stereocenters. The number of hydrogen-bond acceptors (Lipinski definition) is 0. The van der Waals surface area contributed by atoms with E-state index in [4.69, 9.17) is 0 Å². The fourth-order valence-electron chi connectivity index (χ4n) is 1.36. The molecular formula is C10H10FN. The van der Waals surface area contributed by atoms with Crippen molar-refractivity contribution in [1.29, 1.82) is 0 Å². The topological polar surface area (TPSA) is 15.8 Å². The van der Waals surface area contributed by atoms with Crippen LogP contribution in [0.2, 0.25) is 0 Å². The Morgan fingerprint density at radius 3 is 3.00 bits per heavy atom. The molecule has 0 aliphatic rings. The van der Waals surface area contributed by atoms with Gasteiger partial charge in [-0.25, -0.2) is 4.39 Å². The average molecular weight is 163 g/mol. The SMILES string of the molecule is CCc1ccc2c(F)c[nH]c2c1. The number of aromatic nitrogens is 1. The lowest BCUT2D eigenvalue weighted by Crippen LogP contribution is -1.78. The molecule has 0 amide bonds. The summed E-state index contributed by atoms with van der Waals surface area (Å²) in [6.45, 7) is 2.08. The third kappa shape index (κ3) is 0.998. The Hall–Kier alpha value is -1.31. The number of nitrogens with one attached hydrogen (secondary N) is 1. The largest absolute Gasteiger partial charge is 0.359 e. The van der Waals surface area contributed by atoms with Crippen molar-refractivity contribution in [3.05, 3.63) is 35.8 Å². The van der Waals surface area contributed by atoms with Crippen LogP contribution in [-0.4, -0.2) is 4.98 Å². The summed E-state index contributed by atoms with van der Waals surface area (Å²) in [5, 5.41) is 0.673. The van der Waals surface area contributed by atoms with Crippen molar-refractivity contribution < 1.29 is 4.39 Å². The maximum absolute atomic E-state index is 13.0. The van der Waals surface area contributed by atoms with Gasteiger partial charge in [0.1, 0.15) is 5.82 Å². The van der Waals surface area contributed by atoms with Gasteiger partial charge < -0.3 is 4.98 Å². The van der Waals surface area contributed by atoms with E-state index in [1.165, 1.54) is 11.8 Å². The Balaban J connectivity index is 2.69. The number of rotatable bonds is 1. The maximum atomic E-state index is 13.0. The van der Waals surface area contributed by atoms with E-state index in [0.717, 1.165) is 11.9 Å². The zero-order valence-corrected chi connectivity index (χ0v) is 6.89. The monoisotopic (exact) mass is 163 g/mol. The van der Waals surface area contributed by atoms with Crippen LogP contribution in [0.1, 0.15) is 12.5 Å². The van der Waals surface area contributed by atoms with Gasteiger partial charge in [0.15, 0.2) is 0 Å². The number of fused-ring (bicyclic) bond motifs is 1. The van der Waals surface area contributed by atoms with Crippen LogP contribution in [0.3, 0.4) is 0 Å². The van der Waals surface area contributed by atoms with Gasteiger partial charge in [0, 0.05) is 17.1 Å². The third-order valence-electron chi connectivity index (χ3n) is 2.10. The summed E-state index contributed by atoms with van der Waals surface area (Å²) < 4.78 is 13.0. The normalized spacial score (nSPS) is 10.8. The molecule has 1 nitrogen and oxygen atoms in total. The number of H-pyrrole nitrogens is 1. The smallest absolute Gasteiger partial charge is 0.148 e. The van der Waals surface area contributed by atoms with Crippen molar-refractivity contribution in [2.24, 2.45) is 0 Å². The van der Waals surface area contributed by atoms with Gasteiger partial charge in [-0.1, -0.05) is 13.0 Å². The van der Waals surface area contributed by atoms with Crippen LogP contribution in [0.4, 0.5) is 4.39 Å². The van der Waals surface area contributed by atoms with Gasteiger partial charge in [0.05, 0.1) is 0 Å². The summed E-state index contributed by atoms with van der Waals surface area (Å²) in [6, 6.07) is 5.76. The minimum Gasteiger partial charge on any atom is -0.359 e. The molecule has 2 heteroatoms. The highest BCUT2D eigenvalue weighted by molar-refractivity contribution is 5.80. The summed E-state index contributed by atoms with van der Waals surface area (Å²) in [4.78, 5) is 2.89. The standard InChI is InChI=1S/C10H10FN/c1-2-7-3-4-8-9(11)6-12-10(8)5-7/h3-6,12H,2H2,1H3. The van der Waals surface area contributed by atoms with Crippen LogP contribution in [0.5, 0.6) is 0 Å². The molecule has 0 saturated carbocycles. The third-order valence-corrected chi connectivity index (χ3v) is 2.10. The van der Waals surface area contributed by atoms with E-state index in [1.54, 1.807) is 0 Å². The molecule has 1 N–H and O–H groups in total. The van der Waals surface area contributed by atoms with Crippen molar-refractivity contribution in [2.75, 3.05) is 0 Å². The average Bonchev–Trinajstić information content (AvgIpc) is 2.47. The van der Waals surface area contributed by atoms with E-state index < -0.39 is 0 Å². The van der Waals surface area contributed by atoms with Crippen molar-refractivity contribution in [2.45, 2.75) is 13.3 Å². The zero-order chi connectivity index (χ0) is 8.55. The molecule has 1 aromatic carbocycles. The molecule has 0 bridgehead atoms. The van der Waals surface area contributed by atoms with Crippen molar-refractivity contribution in [1.82, 2.24) is 4.98 Å². The van der Waals surface area contributed by atoms with Gasteiger partial charge in [0.2, 0.25) is 0 Å². The van der Waals surface area contributed by atoms with E-state index in [-0.39, 0.29) is 5.82 Å². The van der Waals surface area contributed by atoms with E-state index in [9.17, 15) is 4.39 Å². The Kier molecular flexibility index (Phi) is 1.61. The molecule has 1 aromatic heterocycles. The van der Waals surface area contributed by atoms with Crippen molar-refractivity contribution >= 4 is 10.9 Å². The maximum Gasteiger partial charge on any atom is 0.148 e. The molecule has 12 heavy (non-hydrogen) atoms. The first-order chi connectivity index (χ1) is 5.81. The second-order valence-corrected chi connectivity index (χ2v) is 2.87. The number of aromatic amines is 1. The molecule has 0 aliphatic carbocycles. The summed E-state index contributed by atoms with van der Waals surface area (Å²) in [5.41, 5.74) is 2.11. The number of hydrogen-bond donors (Lipinski definition) is 1. The molecule has 0 fully saturated rings. The van der Waals surface area contributed by atoms with E-state index in [2.05, 4.69) is 11.9 Å². The number of halogens is 1. The zero-order valence-electron chi connectivity index (χ0n) is 6.89. The fraction of sp³-hybridized carbons (Fsp3) is 0.200. The Morgan fingerprint density at radius 1 is 1.42 bits per heavy atom. The summed E-state index contributed by atoms with van der Waals surface area (Å²) >= 11 is 0. The van der Waals surface area contributed by atoms with Crippen molar-refractivity contribution in [3.63, 3.8) is 0 Å². The molecule has 1 heterocycles. The minimum atomic E-state index is -0.173. The predicted octanol–water partition coefficient (Wildman–Crippen LogP) is 2.87. The quantitative estimate of drug-likeness (QED) is 0.665. The summed E-state index contributed by atoms with van der Waals surface area (Å²) in [6.07, 6.45) is 2.38. The number of benzene rings is 1. The van der Waals surface area contributed by atoms with E-state index in [1.807, 2.05) is 18.2 Å². The highest BCUT2D eigenvalue weighted by atomic mass is 19.1. The van der Waals surface area contributed by atoms with Gasteiger partial charge in [-0.3, -0.25) is 0 Å². The summed E-state index contributed by atoms with van der Waals surface area (Å²) in [7, 11) is 0. The molecule has 62 valence electrons. The van der Waals surface area contributed by atoms with Gasteiger partial charge in [0.25, 0.3) is 0 Å². The molecule has 0 atom stereocenters. The van der Waals surface area contributed by atoms with Crippen LogP contribution in [0.15, 0.2) is 24.4 Å². The Labute approximate surface area is 70.2 Å². The second-order valence-electron chi connectivity index (χ2n) is 2.87. The van der Waals surface area contributed by atoms with E-state index in [0.29, 0.717) is 5.39 Å². The molecule has 0 aliphatic heterocycles. The Bertz CT molecular complexity index is 403. The van der Waals surface area contributed by atoms with Crippen LogP contribution < -0.4 is 0 Å². The molecule has 0 spiro atoms. The van der Waals surface area contributed by atoms with Gasteiger partial charge in [-0.15, -0.1) is 0 Å². The lowest BCUT2D eigenvalue weighted by molar-refractivity contribution is 0.639. The summed E-state index contributed by atoms with van der Waals surface area (Å²) in [5.74, 6) is -0.173. The van der Waals surface area contributed by atoms with Crippen LogP contribution in [-0.2, 0) is 6.42 Å². The van der Waals surface area contributed by atoms with Crippen LogP contribution in [0.25, 0.3) is 10.9 Å². The first-order valence-corrected chi connectivity index (χ1v) is 4.07. The van der Waals surface area contributed by atoms with Crippen LogP contribution in [0, 0.1) is 5.82 Å². The van der Waals surface area contributed by atoms with Gasteiger partial charge >= 0.3 is 0 Å². The van der Waals surface area contributed by atoms with Gasteiger partial charge in [-0.2, -0.15) is 0 Å². The molecule has 0 saturated heterocycles. The highest BCUT2D eigenvalue weighted by Crippen LogP contribution is 2.18. The Morgan fingerprint density at radius 2 is 2.25 bits per heavy atom. The minimum absolute atomic E-state index is 0.173. The predicted molar refractivity (Wildman–Crippen MR) is 47.6 cm³/mol. The molecule has 2 rings (SSSR count). The first-order valence-electron chi connectivity index (χ1n) is 4.07. The van der Waals surface area contributed by atoms with E-state index >= 15 is 0 Å². The second kappa shape index (κ2) is 2.63. The number of aryl methyl sites for hydroxylation is 1. The lowest BCUT2D eigenvalue weighted by Gasteiger charge is -1.95. The highest BCUT2D eigenvalue weighted by Gasteiger charge is 2.01. The molecular weight excluding hydrogens is 153 g/mol. The molecule has 0 radical (unpaired) electrons. The van der Waals surface area contributed by atoms with Crippen molar-refractivity contribution in [3.8, 4) is 0 Å².